The summed E-state index contributed by atoms with van der Waals surface area (Å²) in [4.78, 5) is 19.0. The van der Waals surface area contributed by atoms with E-state index in [2.05, 4.69) is 12.1 Å². The lowest BCUT2D eigenvalue weighted by Gasteiger charge is -2.54. The van der Waals surface area contributed by atoms with Crippen molar-refractivity contribution in [3.63, 3.8) is 0 Å². The summed E-state index contributed by atoms with van der Waals surface area (Å²) >= 11 is 0. The molecule has 0 unspecified atom stereocenters. The first-order valence-electron chi connectivity index (χ1n) is 10.6. The second kappa shape index (κ2) is 8.53. The lowest BCUT2D eigenvalue weighted by atomic mass is 9.72. The molecule has 1 amide bonds. The van der Waals surface area contributed by atoms with Gasteiger partial charge in [-0.05, 0) is 28.8 Å². The Morgan fingerprint density at radius 2 is 1.55 bits per heavy atom. The molecule has 2 aliphatic heterocycles. The number of rotatable bonds is 6. The number of benzene rings is 3. The molecule has 0 bridgehead atoms. The number of β-lactam (4-membered cyclic amide) rings is 1. The Hall–Kier alpha value is -3.15. The van der Waals surface area contributed by atoms with Crippen LogP contribution in [0.2, 0.25) is 0 Å². The molecule has 0 saturated carbocycles. The van der Waals surface area contributed by atoms with Gasteiger partial charge >= 0.3 is 0 Å². The molecule has 0 aromatic heterocycles. The van der Waals surface area contributed by atoms with Crippen molar-refractivity contribution in [3.05, 3.63) is 102 Å². The van der Waals surface area contributed by atoms with Gasteiger partial charge in [-0.15, -0.1) is 0 Å². The zero-order chi connectivity index (χ0) is 21.2. The van der Waals surface area contributed by atoms with E-state index >= 15 is 0 Å². The van der Waals surface area contributed by atoms with E-state index in [0.29, 0.717) is 13.0 Å². The Morgan fingerprint density at radius 3 is 2.19 bits per heavy atom. The summed E-state index contributed by atoms with van der Waals surface area (Å²) in [5, 5.41) is 1.54. The monoisotopic (exact) mass is 415 g/mol. The number of methoxy groups -OCH3 is 1. The minimum absolute atomic E-state index is 0.00474. The van der Waals surface area contributed by atoms with E-state index in [1.807, 2.05) is 72.8 Å². The highest BCUT2D eigenvalue weighted by molar-refractivity contribution is 5.90. The maximum atomic E-state index is 13.0. The molecular formula is C26H25NO4. The second-order valence-corrected chi connectivity index (χ2v) is 7.99. The predicted molar refractivity (Wildman–Crippen MR) is 116 cm³/mol. The number of amides is 1. The first kappa shape index (κ1) is 19.8. The van der Waals surface area contributed by atoms with E-state index in [9.17, 15) is 4.79 Å². The van der Waals surface area contributed by atoms with Crippen LogP contribution in [0.4, 0.5) is 0 Å². The van der Waals surface area contributed by atoms with Crippen LogP contribution in [0, 0.1) is 0 Å². The molecule has 5 nitrogen and oxygen atoms in total. The van der Waals surface area contributed by atoms with Gasteiger partial charge in [0.15, 0.2) is 6.29 Å². The van der Waals surface area contributed by atoms with Gasteiger partial charge in [-0.3, -0.25) is 4.79 Å². The van der Waals surface area contributed by atoms with Gasteiger partial charge in [0.05, 0.1) is 25.7 Å². The van der Waals surface area contributed by atoms with Crippen molar-refractivity contribution < 1.29 is 19.1 Å². The Bertz CT molecular complexity index is 1020. The van der Waals surface area contributed by atoms with Gasteiger partial charge in [0, 0.05) is 12.3 Å². The molecular weight excluding hydrogens is 390 g/mol. The first-order chi connectivity index (χ1) is 15.2. The molecule has 2 aliphatic rings. The van der Waals surface area contributed by atoms with E-state index in [-0.39, 0.29) is 23.8 Å². The van der Waals surface area contributed by atoms with Crippen molar-refractivity contribution in [2.24, 2.45) is 0 Å². The van der Waals surface area contributed by atoms with Crippen molar-refractivity contribution in [2.75, 3.05) is 7.11 Å². The molecule has 31 heavy (non-hydrogen) atoms. The van der Waals surface area contributed by atoms with E-state index in [1.54, 1.807) is 7.11 Å². The fraction of sp³-hybridized carbons (Fsp3) is 0.269. The van der Waals surface area contributed by atoms with E-state index in [0.717, 1.165) is 16.9 Å². The number of hydroxylamine groups is 2. The number of ether oxygens (including phenoxy) is 2. The highest BCUT2D eigenvalue weighted by Crippen LogP contribution is 2.49. The maximum Gasteiger partial charge on any atom is 0.256 e. The molecule has 2 heterocycles. The number of hydrogen-bond donors (Lipinski definition) is 0. The van der Waals surface area contributed by atoms with E-state index in [4.69, 9.17) is 14.3 Å². The summed E-state index contributed by atoms with van der Waals surface area (Å²) in [6.45, 7) is 0.408. The van der Waals surface area contributed by atoms with Gasteiger partial charge in [0.2, 0.25) is 0 Å². The van der Waals surface area contributed by atoms with Gasteiger partial charge in [0.1, 0.15) is 5.75 Å². The molecule has 0 aliphatic carbocycles. The molecule has 5 heteroatoms. The molecule has 0 radical (unpaired) electrons. The summed E-state index contributed by atoms with van der Waals surface area (Å²) in [6, 6.07) is 28.1. The third kappa shape index (κ3) is 3.82. The van der Waals surface area contributed by atoms with Gasteiger partial charge in [0.25, 0.3) is 5.91 Å². The van der Waals surface area contributed by atoms with Gasteiger partial charge in [-0.1, -0.05) is 72.8 Å². The normalized spacial score (nSPS) is 24.9. The molecule has 0 spiro atoms. The molecule has 0 N–H and O–H groups in total. The SMILES string of the molecule is COc1ccc(CO[C@@H]2C[C@H](c3ccccc3)[C@H]3[C@@H](c4ccccc4)C(=O)N3O2)cc1. The van der Waals surface area contributed by atoms with Crippen molar-refractivity contribution >= 4 is 5.91 Å². The standard InChI is InChI=1S/C26H25NO4/c1-29-21-14-12-18(13-15-21)17-30-23-16-22(19-8-4-2-5-9-19)25-24(26(28)27(25)31-23)20-10-6-3-7-11-20/h2-15,22-25H,16-17H2,1H3/t22-,23+,24-,25+/m1/s1. The molecule has 3 aromatic rings. The third-order valence-electron chi connectivity index (χ3n) is 6.17. The highest BCUT2D eigenvalue weighted by atomic mass is 16.8. The smallest absolute Gasteiger partial charge is 0.256 e. The molecule has 2 saturated heterocycles. The van der Waals surface area contributed by atoms with Crippen molar-refractivity contribution in [1.29, 1.82) is 0 Å². The van der Waals surface area contributed by atoms with Crippen LogP contribution < -0.4 is 4.74 Å². The summed E-state index contributed by atoms with van der Waals surface area (Å²) in [5.74, 6) is 0.755. The van der Waals surface area contributed by atoms with Gasteiger partial charge in [-0.2, -0.15) is 0 Å². The number of hydrogen-bond acceptors (Lipinski definition) is 4. The summed E-state index contributed by atoms with van der Waals surface area (Å²) in [6.07, 6.45) is 0.210. The van der Waals surface area contributed by atoms with Crippen molar-refractivity contribution in [3.8, 4) is 5.75 Å². The summed E-state index contributed by atoms with van der Waals surface area (Å²) in [5.41, 5.74) is 3.27. The van der Waals surface area contributed by atoms with Crippen LogP contribution in [0.25, 0.3) is 0 Å². The minimum Gasteiger partial charge on any atom is -0.497 e. The number of nitrogens with zero attached hydrogens (tertiary/aromatic N) is 1. The Morgan fingerprint density at radius 1 is 0.903 bits per heavy atom. The van der Waals surface area contributed by atoms with Crippen LogP contribution in [0.15, 0.2) is 84.9 Å². The lowest BCUT2D eigenvalue weighted by Crippen LogP contribution is -2.65. The van der Waals surface area contributed by atoms with Crippen LogP contribution in [0.3, 0.4) is 0 Å². The van der Waals surface area contributed by atoms with Crippen LogP contribution in [-0.4, -0.2) is 30.4 Å². The average Bonchev–Trinajstić information content (AvgIpc) is 2.84. The van der Waals surface area contributed by atoms with Crippen molar-refractivity contribution in [2.45, 2.75) is 37.2 Å². The van der Waals surface area contributed by atoms with Gasteiger partial charge in [-0.25, -0.2) is 9.90 Å². The molecule has 158 valence electrons. The largest absolute Gasteiger partial charge is 0.497 e. The number of carbonyl (C=O) groups excluding carboxylic acids is 1. The topological polar surface area (TPSA) is 48.0 Å². The molecule has 2 fully saturated rings. The molecule has 3 aromatic carbocycles. The predicted octanol–water partition coefficient (Wildman–Crippen LogP) is 4.65. The van der Waals surface area contributed by atoms with Crippen LogP contribution in [0.5, 0.6) is 5.75 Å². The molecule has 4 atom stereocenters. The Kier molecular flexibility index (Phi) is 5.45. The minimum atomic E-state index is -0.482. The van der Waals surface area contributed by atoms with E-state index < -0.39 is 6.29 Å². The summed E-state index contributed by atoms with van der Waals surface area (Å²) in [7, 11) is 1.65. The van der Waals surface area contributed by atoms with Crippen LogP contribution >= 0.6 is 0 Å². The van der Waals surface area contributed by atoms with Crippen LogP contribution in [0.1, 0.15) is 34.9 Å². The fourth-order valence-corrected chi connectivity index (χ4v) is 4.56. The number of fused-ring (bicyclic) bond motifs is 1. The zero-order valence-corrected chi connectivity index (χ0v) is 17.4. The quantitative estimate of drug-likeness (QED) is 0.550. The number of carbonyl (C=O) groups is 1. The Labute approximate surface area is 182 Å². The average molecular weight is 415 g/mol. The maximum absolute atomic E-state index is 13.0. The fourth-order valence-electron chi connectivity index (χ4n) is 4.56. The van der Waals surface area contributed by atoms with Crippen LogP contribution in [-0.2, 0) is 21.0 Å². The summed E-state index contributed by atoms with van der Waals surface area (Å²) < 4.78 is 11.3. The first-order valence-corrected chi connectivity index (χ1v) is 10.6. The lowest BCUT2D eigenvalue weighted by molar-refractivity contribution is -0.336. The second-order valence-electron chi connectivity index (χ2n) is 7.99. The third-order valence-corrected chi connectivity index (χ3v) is 6.17. The Balaban J connectivity index is 1.35. The zero-order valence-electron chi connectivity index (χ0n) is 17.4. The van der Waals surface area contributed by atoms with Crippen molar-refractivity contribution in [1.82, 2.24) is 5.06 Å². The van der Waals surface area contributed by atoms with E-state index in [1.165, 1.54) is 10.6 Å². The highest BCUT2D eigenvalue weighted by Gasteiger charge is 2.57. The van der Waals surface area contributed by atoms with Gasteiger partial charge < -0.3 is 9.47 Å². The molecule has 5 rings (SSSR count).